The minimum atomic E-state index is -0.0724. The Morgan fingerprint density at radius 3 is 1.79 bits per heavy atom. The van der Waals surface area contributed by atoms with E-state index in [2.05, 4.69) is 24.3 Å². The van der Waals surface area contributed by atoms with Crippen molar-refractivity contribution in [3.63, 3.8) is 0 Å². The van der Waals surface area contributed by atoms with Crippen LogP contribution in [-0.4, -0.2) is 5.78 Å². The van der Waals surface area contributed by atoms with Gasteiger partial charge in [-0.05, 0) is 52.1 Å². The van der Waals surface area contributed by atoms with E-state index in [0.29, 0.717) is 10.6 Å². The molecule has 4 aromatic carbocycles. The highest BCUT2D eigenvalue weighted by Crippen LogP contribution is 2.25. The van der Waals surface area contributed by atoms with Crippen LogP contribution in [0.3, 0.4) is 0 Å². The third-order valence-corrected chi connectivity index (χ3v) is 4.95. The van der Waals surface area contributed by atoms with Crippen LogP contribution < -0.4 is 0 Å². The van der Waals surface area contributed by atoms with E-state index < -0.39 is 0 Å². The summed E-state index contributed by atoms with van der Waals surface area (Å²) in [5, 5.41) is 0.551. The minimum Gasteiger partial charge on any atom is -0.289 e. The van der Waals surface area contributed by atoms with Crippen LogP contribution in [0.1, 0.15) is 15.9 Å². The van der Waals surface area contributed by atoms with E-state index in [4.69, 9.17) is 11.6 Å². The van der Waals surface area contributed by atoms with Crippen molar-refractivity contribution in [2.24, 2.45) is 0 Å². The van der Waals surface area contributed by atoms with Gasteiger partial charge < -0.3 is 0 Å². The van der Waals surface area contributed by atoms with Crippen molar-refractivity contribution in [1.29, 1.82) is 0 Å². The van der Waals surface area contributed by atoms with Crippen LogP contribution in [0.5, 0.6) is 0 Å². The van der Waals surface area contributed by atoms with Crippen LogP contribution in [0, 0.1) is 0 Å². The van der Waals surface area contributed by atoms with Gasteiger partial charge in [0.15, 0.2) is 5.78 Å². The number of benzene rings is 4. The largest absolute Gasteiger partial charge is 0.289 e. The summed E-state index contributed by atoms with van der Waals surface area (Å²) in [6, 6.07) is 33.7. The lowest BCUT2D eigenvalue weighted by molar-refractivity contribution is 0.104. The molecule has 0 spiro atoms. The van der Waals surface area contributed by atoms with Gasteiger partial charge in [0.1, 0.15) is 0 Å². The molecule has 0 radical (unpaired) electrons. The molecule has 0 saturated carbocycles. The van der Waals surface area contributed by atoms with Crippen LogP contribution >= 0.6 is 11.6 Å². The van der Waals surface area contributed by atoms with Gasteiger partial charge in [-0.2, -0.15) is 0 Å². The Balaban J connectivity index is 1.53. The van der Waals surface area contributed by atoms with Crippen LogP contribution in [0.15, 0.2) is 109 Å². The van der Waals surface area contributed by atoms with Crippen molar-refractivity contribution in [2.45, 2.75) is 0 Å². The molecule has 0 amide bonds. The fourth-order valence-corrected chi connectivity index (χ4v) is 3.45. The Kier molecular flexibility index (Phi) is 5.69. The van der Waals surface area contributed by atoms with Crippen LogP contribution in [0.4, 0.5) is 0 Å². The minimum absolute atomic E-state index is 0.0724. The molecule has 0 unspecified atom stereocenters. The number of allylic oxidation sites excluding steroid dienone is 1. The SMILES string of the molecule is O=C(/C=C/c1ccc(-c2ccccc2)cc1)c1cc(Cl)cc(-c2ccccc2)c1. The van der Waals surface area contributed by atoms with Crippen LogP contribution in [0.2, 0.25) is 5.02 Å². The molecule has 4 aromatic rings. The van der Waals surface area contributed by atoms with Crippen molar-refractivity contribution in [3.05, 3.63) is 125 Å². The van der Waals surface area contributed by atoms with Gasteiger partial charge >= 0.3 is 0 Å². The van der Waals surface area contributed by atoms with Crippen molar-refractivity contribution >= 4 is 23.5 Å². The lowest BCUT2D eigenvalue weighted by Gasteiger charge is -2.05. The molecule has 0 heterocycles. The first kappa shape index (κ1) is 18.9. The van der Waals surface area contributed by atoms with Gasteiger partial charge in [0, 0.05) is 10.6 Å². The van der Waals surface area contributed by atoms with Gasteiger partial charge in [0.2, 0.25) is 0 Å². The predicted octanol–water partition coefficient (Wildman–Crippen LogP) is 7.57. The number of halogens is 1. The highest BCUT2D eigenvalue weighted by molar-refractivity contribution is 6.31. The number of carbonyl (C=O) groups is 1. The maximum absolute atomic E-state index is 12.7. The van der Waals surface area contributed by atoms with Crippen molar-refractivity contribution in [3.8, 4) is 22.3 Å². The summed E-state index contributed by atoms with van der Waals surface area (Å²) in [6.07, 6.45) is 3.43. The molecule has 0 bridgehead atoms. The molecule has 2 heteroatoms. The average molecular weight is 395 g/mol. The lowest BCUT2D eigenvalue weighted by atomic mass is 10.0. The second kappa shape index (κ2) is 8.72. The van der Waals surface area contributed by atoms with Crippen molar-refractivity contribution < 1.29 is 4.79 Å². The van der Waals surface area contributed by atoms with E-state index in [1.54, 1.807) is 12.1 Å². The molecule has 1 nitrogen and oxygen atoms in total. The fourth-order valence-electron chi connectivity index (χ4n) is 3.21. The van der Waals surface area contributed by atoms with Gasteiger partial charge in [0.05, 0.1) is 0 Å². The zero-order valence-electron chi connectivity index (χ0n) is 15.8. The topological polar surface area (TPSA) is 17.1 Å². The zero-order chi connectivity index (χ0) is 20.1. The Morgan fingerprint density at radius 1 is 0.621 bits per heavy atom. The molecule has 0 aliphatic carbocycles. The van der Waals surface area contributed by atoms with E-state index in [1.165, 1.54) is 5.56 Å². The quantitative estimate of drug-likeness (QED) is 0.252. The Bertz CT molecular complexity index is 1140. The standard InChI is InChI=1S/C27H19ClO/c28-26-18-24(22-9-5-2-6-10-22)17-25(19-26)27(29)16-13-20-11-14-23(15-12-20)21-7-3-1-4-8-21/h1-19H/b16-13+. The molecule has 0 aromatic heterocycles. The van der Waals surface area contributed by atoms with Gasteiger partial charge in [0.25, 0.3) is 0 Å². The second-order valence-corrected chi connectivity index (χ2v) is 7.22. The predicted molar refractivity (Wildman–Crippen MR) is 122 cm³/mol. The highest BCUT2D eigenvalue weighted by atomic mass is 35.5. The second-order valence-electron chi connectivity index (χ2n) is 6.78. The van der Waals surface area contributed by atoms with E-state index >= 15 is 0 Å². The van der Waals surface area contributed by atoms with Gasteiger partial charge in [-0.3, -0.25) is 4.79 Å². The molecular weight excluding hydrogens is 376 g/mol. The molecule has 0 N–H and O–H groups in total. The van der Waals surface area contributed by atoms with Crippen LogP contribution in [0.25, 0.3) is 28.3 Å². The summed E-state index contributed by atoms with van der Waals surface area (Å²) in [5.74, 6) is -0.0724. The molecule has 4 rings (SSSR count). The normalized spacial score (nSPS) is 10.9. The third kappa shape index (κ3) is 4.71. The summed E-state index contributed by atoms with van der Waals surface area (Å²) in [6.45, 7) is 0. The lowest BCUT2D eigenvalue weighted by Crippen LogP contribution is -1.95. The summed E-state index contributed by atoms with van der Waals surface area (Å²) < 4.78 is 0. The third-order valence-electron chi connectivity index (χ3n) is 4.73. The number of carbonyl (C=O) groups excluding carboxylic acids is 1. The Labute approximate surface area is 175 Å². The molecule has 0 aliphatic heterocycles. The fraction of sp³-hybridized carbons (Fsp3) is 0. The number of hydrogen-bond acceptors (Lipinski definition) is 1. The molecular formula is C27H19ClO. The number of rotatable bonds is 5. The molecule has 140 valence electrons. The molecule has 0 fully saturated rings. The van der Waals surface area contributed by atoms with Crippen molar-refractivity contribution in [1.82, 2.24) is 0 Å². The van der Waals surface area contributed by atoms with Gasteiger partial charge in [-0.15, -0.1) is 0 Å². The maximum atomic E-state index is 12.7. The Hall–Kier alpha value is -3.42. The molecule has 0 saturated heterocycles. The maximum Gasteiger partial charge on any atom is 0.185 e. The summed E-state index contributed by atoms with van der Waals surface area (Å²) >= 11 is 6.26. The average Bonchev–Trinajstić information content (AvgIpc) is 2.78. The summed E-state index contributed by atoms with van der Waals surface area (Å²) in [5.41, 5.74) is 5.84. The Morgan fingerprint density at radius 2 is 1.17 bits per heavy atom. The molecule has 29 heavy (non-hydrogen) atoms. The first-order valence-electron chi connectivity index (χ1n) is 9.43. The van der Waals surface area contributed by atoms with E-state index in [1.807, 2.05) is 78.9 Å². The first-order chi connectivity index (χ1) is 14.2. The van der Waals surface area contributed by atoms with E-state index in [0.717, 1.165) is 22.3 Å². The summed E-state index contributed by atoms with van der Waals surface area (Å²) in [4.78, 5) is 12.7. The van der Waals surface area contributed by atoms with Crippen molar-refractivity contribution in [2.75, 3.05) is 0 Å². The monoisotopic (exact) mass is 394 g/mol. The highest BCUT2D eigenvalue weighted by Gasteiger charge is 2.07. The smallest absolute Gasteiger partial charge is 0.185 e. The van der Waals surface area contributed by atoms with Gasteiger partial charge in [-0.25, -0.2) is 0 Å². The first-order valence-corrected chi connectivity index (χ1v) is 9.81. The molecule has 0 aliphatic rings. The number of hydrogen-bond donors (Lipinski definition) is 0. The van der Waals surface area contributed by atoms with E-state index in [9.17, 15) is 4.79 Å². The van der Waals surface area contributed by atoms with E-state index in [-0.39, 0.29) is 5.78 Å². The summed E-state index contributed by atoms with van der Waals surface area (Å²) in [7, 11) is 0. The number of ketones is 1. The molecule has 0 atom stereocenters. The zero-order valence-corrected chi connectivity index (χ0v) is 16.5. The van der Waals surface area contributed by atoms with Crippen LogP contribution in [-0.2, 0) is 0 Å². The van der Waals surface area contributed by atoms with Gasteiger partial charge in [-0.1, -0.05) is 103 Å².